The summed E-state index contributed by atoms with van der Waals surface area (Å²) < 4.78 is 36.6. The summed E-state index contributed by atoms with van der Waals surface area (Å²) in [4.78, 5) is 8.46. The number of hydrogen-bond donors (Lipinski definition) is 1. The fourth-order valence-electron chi connectivity index (χ4n) is 3.12. The second-order valence-corrected chi connectivity index (χ2v) is 8.44. The lowest BCUT2D eigenvalue weighted by atomic mass is 10.1. The molecule has 2 N–H and O–H groups in total. The van der Waals surface area contributed by atoms with Gasteiger partial charge in [0.05, 0.1) is 31.0 Å². The molecule has 9 nitrogen and oxygen atoms in total. The zero-order valence-electron chi connectivity index (χ0n) is 16.5. The number of benzene rings is 2. The molecular formula is C20H19N5O4S. The van der Waals surface area contributed by atoms with Crippen LogP contribution in [-0.2, 0) is 9.84 Å². The van der Waals surface area contributed by atoms with Crippen LogP contribution in [0.1, 0.15) is 0 Å². The summed E-state index contributed by atoms with van der Waals surface area (Å²) >= 11 is 0. The first-order valence-corrected chi connectivity index (χ1v) is 10.8. The number of rotatable bonds is 5. The number of hydrogen-bond acceptors (Lipinski definition) is 8. The van der Waals surface area contributed by atoms with Gasteiger partial charge in [-0.3, -0.25) is 0 Å². The molecule has 10 heteroatoms. The molecule has 0 radical (unpaired) electrons. The summed E-state index contributed by atoms with van der Waals surface area (Å²) in [6.07, 6.45) is 1.05. The van der Waals surface area contributed by atoms with E-state index in [9.17, 15) is 8.42 Å². The van der Waals surface area contributed by atoms with Crippen molar-refractivity contribution in [2.45, 2.75) is 5.16 Å². The number of nitrogens with two attached hydrogens (primary N) is 1. The predicted molar refractivity (Wildman–Crippen MR) is 113 cm³/mol. The summed E-state index contributed by atoms with van der Waals surface area (Å²) in [5.41, 5.74) is 8.22. The molecule has 0 spiro atoms. The smallest absolute Gasteiger partial charge is 0.249 e. The molecular weight excluding hydrogens is 406 g/mol. The van der Waals surface area contributed by atoms with E-state index in [0.29, 0.717) is 39.6 Å². The third-order valence-electron chi connectivity index (χ3n) is 4.54. The molecule has 154 valence electrons. The van der Waals surface area contributed by atoms with Crippen molar-refractivity contribution >= 4 is 26.7 Å². The molecule has 2 aromatic carbocycles. The summed E-state index contributed by atoms with van der Waals surface area (Å²) in [7, 11) is -0.643. The minimum absolute atomic E-state index is 0.177. The van der Waals surface area contributed by atoms with Gasteiger partial charge in [0.15, 0.2) is 17.1 Å². The molecule has 2 aromatic heterocycles. The number of para-hydroxylation sites is 1. The lowest BCUT2D eigenvalue weighted by molar-refractivity contribution is 0.355. The second kappa shape index (κ2) is 7.30. The van der Waals surface area contributed by atoms with Crippen LogP contribution < -0.4 is 15.2 Å². The molecule has 0 saturated carbocycles. The van der Waals surface area contributed by atoms with Crippen LogP contribution >= 0.6 is 0 Å². The van der Waals surface area contributed by atoms with Gasteiger partial charge in [-0.2, -0.15) is 4.98 Å². The van der Waals surface area contributed by atoms with Crippen molar-refractivity contribution in [2.24, 2.45) is 0 Å². The van der Waals surface area contributed by atoms with Gasteiger partial charge < -0.3 is 15.2 Å². The topological polar surface area (TPSA) is 122 Å². The second-order valence-electron chi connectivity index (χ2n) is 6.53. The van der Waals surface area contributed by atoms with E-state index in [2.05, 4.69) is 15.1 Å². The molecule has 0 aliphatic rings. The van der Waals surface area contributed by atoms with Gasteiger partial charge in [-0.05, 0) is 30.3 Å². The maximum Gasteiger partial charge on any atom is 0.249 e. The van der Waals surface area contributed by atoms with Crippen molar-refractivity contribution in [1.29, 1.82) is 0 Å². The zero-order valence-corrected chi connectivity index (χ0v) is 17.3. The lowest BCUT2D eigenvalue weighted by Gasteiger charge is -2.10. The van der Waals surface area contributed by atoms with Crippen LogP contribution in [-0.4, -0.2) is 48.6 Å². The Kier molecular flexibility index (Phi) is 4.78. The Balaban J connectivity index is 2.06. The number of methoxy groups -OCH3 is 2. The van der Waals surface area contributed by atoms with Crippen LogP contribution in [0.2, 0.25) is 0 Å². The van der Waals surface area contributed by atoms with Crippen molar-refractivity contribution in [2.75, 3.05) is 26.2 Å². The Labute approximate surface area is 173 Å². The number of nitrogens with zero attached hydrogens (tertiary/aromatic N) is 4. The van der Waals surface area contributed by atoms with Crippen molar-refractivity contribution in [3.63, 3.8) is 0 Å². The Morgan fingerprint density at radius 3 is 2.30 bits per heavy atom. The van der Waals surface area contributed by atoms with E-state index < -0.39 is 9.84 Å². The van der Waals surface area contributed by atoms with E-state index in [1.807, 2.05) is 30.3 Å². The number of fused-ring (bicyclic) bond motifs is 1. The highest BCUT2D eigenvalue weighted by Crippen LogP contribution is 2.37. The van der Waals surface area contributed by atoms with E-state index in [-0.39, 0.29) is 10.8 Å². The minimum Gasteiger partial charge on any atom is -0.493 e. The molecule has 0 fully saturated rings. The summed E-state index contributed by atoms with van der Waals surface area (Å²) in [6.45, 7) is 0. The Morgan fingerprint density at radius 1 is 0.967 bits per heavy atom. The predicted octanol–water partition coefficient (Wildman–Crippen LogP) is 2.49. The first-order chi connectivity index (χ1) is 14.3. The SMILES string of the molecule is COc1ccc(-c2nc(S(C)(=O)=O)nc3nn(-c4ccccc4)c(N)c23)cc1OC. The number of anilines is 1. The number of sulfone groups is 1. The van der Waals surface area contributed by atoms with Crippen molar-refractivity contribution in [1.82, 2.24) is 19.7 Å². The van der Waals surface area contributed by atoms with Gasteiger partial charge in [0.1, 0.15) is 5.82 Å². The molecule has 0 saturated heterocycles. The highest BCUT2D eigenvalue weighted by Gasteiger charge is 2.23. The van der Waals surface area contributed by atoms with E-state index in [4.69, 9.17) is 15.2 Å². The molecule has 0 unspecified atom stereocenters. The molecule has 0 aliphatic heterocycles. The average molecular weight is 425 g/mol. The van der Waals surface area contributed by atoms with Crippen LogP contribution in [0.4, 0.5) is 5.82 Å². The molecule has 2 heterocycles. The van der Waals surface area contributed by atoms with E-state index in [0.717, 1.165) is 6.26 Å². The fraction of sp³-hybridized carbons (Fsp3) is 0.150. The first kappa shape index (κ1) is 19.6. The molecule has 30 heavy (non-hydrogen) atoms. The summed E-state index contributed by atoms with van der Waals surface area (Å²) in [6, 6.07) is 14.4. The summed E-state index contributed by atoms with van der Waals surface area (Å²) in [5, 5.41) is 4.55. The molecule has 0 amide bonds. The van der Waals surface area contributed by atoms with Crippen LogP contribution in [0.5, 0.6) is 11.5 Å². The third kappa shape index (κ3) is 3.30. The Morgan fingerprint density at radius 2 is 1.67 bits per heavy atom. The summed E-state index contributed by atoms with van der Waals surface area (Å²) in [5.74, 6) is 1.29. The molecule has 0 bridgehead atoms. The van der Waals surface area contributed by atoms with Crippen LogP contribution in [0.3, 0.4) is 0 Å². The van der Waals surface area contributed by atoms with Gasteiger partial charge in [0.2, 0.25) is 15.0 Å². The van der Waals surface area contributed by atoms with Crippen molar-refractivity contribution in [3.8, 4) is 28.4 Å². The first-order valence-electron chi connectivity index (χ1n) is 8.87. The molecule has 0 aliphatic carbocycles. The monoisotopic (exact) mass is 425 g/mol. The third-order valence-corrected chi connectivity index (χ3v) is 5.38. The van der Waals surface area contributed by atoms with Gasteiger partial charge in [-0.15, -0.1) is 5.10 Å². The van der Waals surface area contributed by atoms with Crippen molar-refractivity contribution < 1.29 is 17.9 Å². The highest BCUT2D eigenvalue weighted by atomic mass is 32.2. The standard InChI is InChI=1S/C20H19N5O4S/c1-28-14-10-9-12(11-15(14)29-2)17-16-18(21)25(13-7-5-4-6-8-13)24-19(16)23-20(22-17)30(3,26)27/h4-11H,21H2,1-3H3. The van der Waals surface area contributed by atoms with Gasteiger partial charge >= 0.3 is 0 Å². The van der Waals surface area contributed by atoms with Crippen LogP contribution in [0.15, 0.2) is 53.7 Å². The molecule has 4 aromatic rings. The molecule has 4 rings (SSSR count). The number of ether oxygens (including phenoxy) is 2. The maximum atomic E-state index is 12.2. The normalized spacial score (nSPS) is 11.6. The number of nitrogen functional groups attached to an aromatic ring is 1. The van der Waals surface area contributed by atoms with Crippen LogP contribution in [0.25, 0.3) is 28.0 Å². The highest BCUT2D eigenvalue weighted by molar-refractivity contribution is 7.90. The lowest BCUT2D eigenvalue weighted by Crippen LogP contribution is -2.06. The van der Waals surface area contributed by atoms with E-state index in [1.165, 1.54) is 18.9 Å². The van der Waals surface area contributed by atoms with E-state index >= 15 is 0 Å². The molecule has 0 atom stereocenters. The fourth-order valence-corrected chi connectivity index (χ4v) is 3.63. The van der Waals surface area contributed by atoms with Gasteiger partial charge in [-0.25, -0.2) is 18.1 Å². The number of aromatic nitrogens is 4. The zero-order chi connectivity index (χ0) is 21.5. The quantitative estimate of drug-likeness (QED) is 0.484. The van der Waals surface area contributed by atoms with Gasteiger partial charge in [0, 0.05) is 11.8 Å². The van der Waals surface area contributed by atoms with Gasteiger partial charge in [-0.1, -0.05) is 18.2 Å². The minimum atomic E-state index is -3.69. The maximum absolute atomic E-state index is 12.2. The Bertz CT molecular complexity index is 1350. The average Bonchev–Trinajstić information content (AvgIpc) is 3.09. The van der Waals surface area contributed by atoms with Gasteiger partial charge in [0.25, 0.3) is 0 Å². The Hall–Kier alpha value is -3.66. The van der Waals surface area contributed by atoms with E-state index in [1.54, 1.807) is 18.2 Å². The largest absolute Gasteiger partial charge is 0.493 e. The van der Waals surface area contributed by atoms with Crippen LogP contribution in [0, 0.1) is 0 Å². The van der Waals surface area contributed by atoms with Crippen molar-refractivity contribution in [3.05, 3.63) is 48.5 Å².